The molecule has 0 atom stereocenters. The van der Waals surface area contributed by atoms with Gasteiger partial charge in [0.05, 0.1) is 0 Å². The maximum atomic E-state index is 2.29. The van der Waals surface area contributed by atoms with Crippen LogP contribution >= 0.6 is 0 Å². The van der Waals surface area contributed by atoms with Crippen molar-refractivity contribution in [2.75, 3.05) is 0 Å². The Morgan fingerprint density at radius 2 is 1.16 bits per heavy atom. The third kappa shape index (κ3) is 2.85. The van der Waals surface area contributed by atoms with Crippen LogP contribution in [0.2, 0.25) is 0 Å². The normalized spacial score (nSPS) is 11.2. The quantitative estimate of drug-likeness (QED) is 0.371. The van der Waals surface area contributed by atoms with Gasteiger partial charge in [-0.3, -0.25) is 0 Å². The van der Waals surface area contributed by atoms with Gasteiger partial charge in [0.1, 0.15) is 0 Å². The minimum Gasteiger partial charge on any atom is -0.0622 e. The predicted molar refractivity (Wildman–Crippen MR) is 109 cm³/mol. The summed E-state index contributed by atoms with van der Waals surface area (Å²) in [6, 6.07) is 32.7. The van der Waals surface area contributed by atoms with Crippen molar-refractivity contribution in [1.82, 2.24) is 0 Å². The highest BCUT2D eigenvalue weighted by Gasteiger charge is 2.15. The fraction of sp³-hybridized carbons (Fsp3) is 0.120. The zero-order valence-electron chi connectivity index (χ0n) is 14.7. The summed E-state index contributed by atoms with van der Waals surface area (Å²) in [4.78, 5) is 0. The van der Waals surface area contributed by atoms with Crippen LogP contribution < -0.4 is 0 Å². The average Bonchev–Trinajstić information content (AvgIpc) is 2.67. The van der Waals surface area contributed by atoms with Crippen molar-refractivity contribution in [3.63, 3.8) is 0 Å². The molecule has 0 nitrogen and oxygen atoms in total. The van der Waals surface area contributed by atoms with E-state index in [1.807, 2.05) is 0 Å². The largest absolute Gasteiger partial charge is 0.0622 e. The van der Waals surface area contributed by atoms with Crippen LogP contribution in [0.25, 0.3) is 33.0 Å². The minimum atomic E-state index is 0.463. The fourth-order valence-corrected chi connectivity index (χ4v) is 3.74. The van der Waals surface area contributed by atoms with Gasteiger partial charge in [-0.05, 0) is 44.5 Å². The number of hydrogen-bond donors (Lipinski definition) is 0. The highest BCUT2D eigenvalue weighted by Crippen LogP contribution is 2.39. The minimum absolute atomic E-state index is 0.463. The van der Waals surface area contributed by atoms with Crippen LogP contribution in [0.15, 0.2) is 91.0 Å². The summed E-state index contributed by atoms with van der Waals surface area (Å²) < 4.78 is 0. The van der Waals surface area contributed by atoms with E-state index in [2.05, 4.69) is 105 Å². The lowest BCUT2D eigenvalue weighted by Gasteiger charge is -2.19. The van der Waals surface area contributed by atoms with E-state index >= 15 is 0 Å². The maximum absolute atomic E-state index is 2.29. The van der Waals surface area contributed by atoms with Gasteiger partial charge in [0.2, 0.25) is 0 Å². The van der Waals surface area contributed by atoms with Crippen molar-refractivity contribution >= 4 is 10.8 Å². The van der Waals surface area contributed by atoms with Crippen molar-refractivity contribution < 1.29 is 0 Å². The van der Waals surface area contributed by atoms with Gasteiger partial charge in [0.25, 0.3) is 0 Å². The molecule has 0 aromatic heterocycles. The average molecular weight is 322 g/mol. The molecular formula is C25H22. The Morgan fingerprint density at radius 3 is 1.92 bits per heavy atom. The molecule has 0 saturated heterocycles. The zero-order chi connectivity index (χ0) is 17.2. The van der Waals surface area contributed by atoms with Crippen LogP contribution in [0.4, 0.5) is 0 Å². The smallest absolute Gasteiger partial charge is 0.0102 e. The number of hydrogen-bond acceptors (Lipinski definition) is 0. The lowest BCUT2D eigenvalue weighted by Crippen LogP contribution is -1.96. The van der Waals surface area contributed by atoms with Crippen LogP contribution in [-0.4, -0.2) is 0 Å². The summed E-state index contributed by atoms with van der Waals surface area (Å²) in [6.45, 7) is 4.58. The SMILES string of the molecule is CC(C)c1c(-c2ccccc2-c2ccccc2)ccc2ccccc12. The van der Waals surface area contributed by atoms with Gasteiger partial charge in [-0.1, -0.05) is 105 Å². The first-order chi connectivity index (χ1) is 12.3. The Morgan fingerprint density at radius 1 is 0.520 bits per heavy atom. The van der Waals surface area contributed by atoms with E-state index < -0.39 is 0 Å². The highest BCUT2D eigenvalue weighted by atomic mass is 14.2. The molecule has 0 heteroatoms. The molecule has 0 radical (unpaired) electrons. The Kier molecular flexibility index (Phi) is 4.11. The molecule has 0 aliphatic rings. The summed E-state index contributed by atoms with van der Waals surface area (Å²) >= 11 is 0. The molecule has 4 rings (SSSR count). The molecule has 0 aliphatic heterocycles. The third-order valence-corrected chi connectivity index (χ3v) is 4.85. The molecule has 0 spiro atoms. The van der Waals surface area contributed by atoms with E-state index in [0.717, 1.165) is 0 Å². The van der Waals surface area contributed by atoms with Gasteiger partial charge in [-0.15, -0.1) is 0 Å². The van der Waals surface area contributed by atoms with Crippen LogP contribution in [0, 0.1) is 0 Å². The lowest BCUT2D eigenvalue weighted by atomic mass is 9.85. The monoisotopic (exact) mass is 322 g/mol. The molecular weight excluding hydrogens is 300 g/mol. The van der Waals surface area contributed by atoms with Crippen molar-refractivity contribution in [1.29, 1.82) is 0 Å². The first-order valence-electron chi connectivity index (χ1n) is 8.92. The Balaban J connectivity index is 2.02. The third-order valence-electron chi connectivity index (χ3n) is 4.85. The van der Waals surface area contributed by atoms with Crippen LogP contribution in [0.3, 0.4) is 0 Å². The molecule has 0 amide bonds. The molecule has 0 unspecified atom stereocenters. The van der Waals surface area contributed by atoms with E-state index in [1.165, 1.54) is 38.6 Å². The van der Waals surface area contributed by atoms with E-state index in [4.69, 9.17) is 0 Å². The Hall–Kier alpha value is -2.86. The Labute approximate surface area is 149 Å². The summed E-state index contributed by atoms with van der Waals surface area (Å²) in [7, 11) is 0. The summed E-state index contributed by atoms with van der Waals surface area (Å²) in [5.74, 6) is 0.463. The van der Waals surface area contributed by atoms with Gasteiger partial charge < -0.3 is 0 Å². The van der Waals surface area contributed by atoms with E-state index in [1.54, 1.807) is 0 Å². The molecule has 0 fully saturated rings. The van der Waals surface area contributed by atoms with Crippen molar-refractivity contribution in [2.24, 2.45) is 0 Å². The van der Waals surface area contributed by atoms with Crippen molar-refractivity contribution in [3.05, 3.63) is 96.6 Å². The summed E-state index contributed by atoms with van der Waals surface area (Å²) in [5, 5.41) is 2.67. The lowest BCUT2D eigenvalue weighted by molar-refractivity contribution is 0.878. The molecule has 25 heavy (non-hydrogen) atoms. The van der Waals surface area contributed by atoms with Gasteiger partial charge in [-0.25, -0.2) is 0 Å². The Bertz CT molecular complexity index is 1010. The van der Waals surface area contributed by atoms with E-state index in [0.29, 0.717) is 5.92 Å². The second kappa shape index (κ2) is 6.57. The molecule has 0 heterocycles. The standard InChI is InChI=1S/C25H22/c1-18(2)25-22-14-7-6-12-20(22)16-17-24(25)23-15-9-8-13-21(23)19-10-4-3-5-11-19/h3-18H,1-2H3. The number of benzene rings is 4. The van der Waals surface area contributed by atoms with Crippen LogP contribution in [0.1, 0.15) is 25.3 Å². The predicted octanol–water partition coefficient (Wildman–Crippen LogP) is 7.30. The number of rotatable bonds is 3. The molecule has 4 aromatic rings. The second-order valence-corrected chi connectivity index (χ2v) is 6.81. The van der Waals surface area contributed by atoms with Crippen molar-refractivity contribution in [2.45, 2.75) is 19.8 Å². The molecule has 0 saturated carbocycles. The molecule has 0 N–H and O–H groups in total. The van der Waals surface area contributed by atoms with Gasteiger partial charge in [0, 0.05) is 0 Å². The molecule has 0 aliphatic carbocycles. The van der Waals surface area contributed by atoms with E-state index in [-0.39, 0.29) is 0 Å². The first kappa shape index (κ1) is 15.7. The van der Waals surface area contributed by atoms with Crippen LogP contribution in [-0.2, 0) is 0 Å². The fourth-order valence-electron chi connectivity index (χ4n) is 3.74. The van der Waals surface area contributed by atoms with Gasteiger partial charge in [0.15, 0.2) is 0 Å². The highest BCUT2D eigenvalue weighted by molar-refractivity contribution is 5.95. The van der Waals surface area contributed by atoms with E-state index in [9.17, 15) is 0 Å². The second-order valence-electron chi connectivity index (χ2n) is 6.81. The summed E-state index contributed by atoms with van der Waals surface area (Å²) in [6.07, 6.45) is 0. The van der Waals surface area contributed by atoms with Gasteiger partial charge >= 0.3 is 0 Å². The summed E-state index contributed by atoms with van der Waals surface area (Å²) in [5.41, 5.74) is 6.64. The first-order valence-corrected chi connectivity index (χ1v) is 8.92. The van der Waals surface area contributed by atoms with Gasteiger partial charge in [-0.2, -0.15) is 0 Å². The molecule has 4 aromatic carbocycles. The topological polar surface area (TPSA) is 0 Å². The van der Waals surface area contributed by atoms with Crippen LogP contribution in [0.5, 0.6) is 0 Å². The maximum Gasteiger partial charge on any atom is -0.0102 e. The van der Waals surface area contributed by atoms with Crippen molar-refractivity contribution in [3.8, 4) is 22.3 Å². The molecule has 0 bridgehead atoms. The molecule has 122 valence electrons. The number of fused-ring (bicyclic) bond motifs is 1. The zero-order valence-corrected chi connectivity index (χ0v) is 14.7.